The number of phenols is 1. The maximum Gasteiger partial charge on any atom is 0.310 e. The average Bonchev–Trinajstić information content (AvgIpc) is 3.54. The van der Waals surface area contributed by atoms with E-state index < -0.39 is 5.92 Å². The van der Waals surface area contributed by atoms with E-state index in [1.165, 1.54) is 14.2 Å². The fourth-order valence-electron chi connectivity index (χ4n) is 5.88. The molecule has 198 valence electrons. The Morgan fingerprint density at radius 1 is 0.921 bits per heavy atom. The zero-order chi connectivity index (χ0) is 26.6. The second-order valence-electron chi connectivity index (χ2n) is 9.97. The lowest BCUT2D eigenvalue weighted by molar-refractivity contribution is -0.141. The Kier molecular flexibility index (Phi) is 5.86. The van der Waals surface area contributed by atoms with Crippen LogP contribution in [0.1, 0.15) is 28.7 Å². The highest BCUT2D eigenvalue weighted by Gasteiger charge is 2.52. The van der Waals surface area contributed by atoms with E-state index in [0.29, 0.717) is 11.5 Å². The van der Waals surface area contributed by atoms with E-state index in [-0.39, 0.29) is 54.5 Å². The van der Waals surface area contributed by atoms with Crippen LogP contribution in [0.4, 0.5) is 11.4 Å². The lowest BCUT2D eigenvalue weighted by atomic mass is 9.65. The summed E-state index contributed by atoms with van der Waals surface area (Å²) < 4.78 is 28.0. The number of aromatic hydroxyl groups is 1. The quantitative estimate of drug-likeness (QED) is 0.463. The number of methoxy groups -OCH3 is 2. The van der Waals surface area contributed by atoms with Crippen LogP contribution in [0.3, 0.4) is 0 Å². The van der Waals surface area contributed by atoms with Crippen molar-refractivity contribution in [3.05, 3.63) is 65.2 Å². The number of benzene rings is 3. The van der Waals surface area contributed by atoms with Crippen molar-refractivity contribution in [2.45, 2.75) is 12.0 Å². The molecule has 2 heterocycles. The Morgan fingerprint density at radius 3 is 2.16 bits per heavy atom. The van der Waals surface area contributed by atoms with E-state index in [0.717, 1.165) is 28.1 Å². The fourth-order valence-corrected chi connectivity index (χ4v) is 5.88. The summed E-state index contributed by atoms with van der Waals surface area (Å²) >= 11 is 0. The lowest BCUT2D eigenvalue weighted by Gasteiger charge is -2.40. The zero-order valence-electron chi connectivity index (χ0n) is 21.7. The Labute approximate surface area is 220 Å². The van der Waals surface area contributed by atoms with Crippen molar-refractivity contribution >= 4 is 17.3 Å². The van der Waals surface area contributed by atoms with E-state index in [9.17, 15) is 9.90 Å². The molecule has 0 spiro atoms. The van der Waals surface area contributed by atoms with Gasteiger partial charge < -0.3 is 39.0 Å². The molecule has 9 heteroatoms. The van der Waals surface area contributed by atoms with Gasteiger partial charge in [0.2, 0.25) is 12.5 Å². The SMILES string of the molecule is COc1cc(C2c3cc4c(cc3[C@@H](Nc3ccc(N(C)C)cc3)[C@H]3COC(=O)C23)OCO4)cc(OC)c1O. The van der Waals surface area contributed by atoms with Gasteiger partial charge >= 0.3 is 5.97 Å². The van der Waals surface area contributed by atoms with Crippen molar-refractivity contribution in [2.75, 3.05) is 51.9 Å². The fraction of sp³-hybridized carbons (Fsp3) is 0.345. The number of nitrogens with one attached hydrogen (secondary N) is 1. The smallest absolute Gasteiger partial charge is 0.310 e. The Morgan fingerprint density at radius 2 is 1.55 bits per heavy atom. The molecule has 3 aromatic rings. The average molecular weight is 519 g/mol. The van der Waals surface area contributed by atoms with Gasteiger partial charge in [0, 0.05) is 37.3 Å². The summed E-state index contributed by atoms with van der Waals surface area (Å²) in [5.74, 6) is 0.483. The number of fused-ring (bicyclic) bond motifs is 3. The number of hydrogen-bond acceptors (Lipinski definition) is 9. The third kappa shape index (κ3) is 3.81. The summed E-state index contributed by atoms with van der Waals surface area (Å²) in [7, 11) is 6.97. The van der Waals surface area contributed by atoms with Crippen LogP contribution in [0.2, 0.25) is 0 Å². The van der Waals surface area contributed by atoms with E-state index in [4.69, 9.17) is 23.7 Å². The van der Waals surface area contributed by atoms with Crippen molar-refractivity contribution in [1.82, 2.24) is 0 Å². The van der Waals surface area contributed by atoms with Crippen molar-refractivity contribution in [3.8, 4) is 28.7 Å². The molecule has 0 bridgehead atoms. The van der Waals surface area contributed by atoms with Crippen LogP contribution in [-0.4, -0.2) is 52.8 Å². The number of carbonyl (C=O) groups excluding carboxylic acids is 1. The molecule has 0 amide bonds. The standard InChI is InChI=1S/C29H30N2O7/c1-31(2)17-7-5-16(6-8-17)30-27-19-12-22-21(37-14-38-22)11-18(19)25(26-20(27)13-36-29(26)33)15-9-23(34-3)28(32)24(10-15)35-4/h5-12,20,25-27,30,32H,13-14H2,1-4H3/t20-,25?,26?,27+/m0/s1. The molecular weight excluding hydrogens is 488 g/mol. The highest BCUT2D eigenvalue weighted by Crippen LogP contribution is 2.56. The Bertz CT molecular complexity index is 1360. The first-order valence-corrected chi connectivity index (χ1v) is 12.5. The van der Waals surface area contributed by atoms with Gasteiger partial charge in [-0.25, -0.2) is 0 Å². The summed E-state index contributed by atoms with van der Waals surface area (Å²) in [5.41, 5.74) is 4.73. The summed E-state index contributed by atoms with van der Waals surface area (Å²) in [6.45, 7) is 0.427. The molecule has 0 radical (unpaired) electrons. The summed E-state index contributed by atoms with van der Waals surface area (Å²) in [6, 6.07) is 15.4. The number of rotatable bonds is 6. The van der Waals surface area contributed by atoms with Crippen molar-refractivity contribution in [2.24, 2.45) is 11.8 Å². The number of anilines is 2. The van der Waals surface area contributed by atoms with Crippen LogP contribution < -0.4 is 29.2 Å². The number of esters is 1. The van der Waals surface area contributed by atoms with Crippen molar-refractivity contribution in [3.63, 3.8) is 0 Å². The molecule has 4 atom stereocenters. The summed E-state index contributed by atoms with van der Waals surface area (Å²) in [5, 5.41) is 14.2. The molecule has 2 unspecified atom stereocenters. The normalized spacial score (nSPS) is 22.8. The summed E-state index contributed by atoms with van der Waals surface area (Å²) in [4.78, 5) is 15.4. The monoisotopic (exact) mass is 518 g/mol. The predicted octanol–water partition coefficient (Wildman–Crippen LogP) is 4.29. The zero-order valence-corrected chi connectivity index (χ0v) is 21.7. The van der Waals surface area contributed by atoms with E-state index in [1.54, 1.807) is 12.1 Å². The van der Waals surface area contributed by atoms with Gasteiger partial charge in [-0.2, -0.15) is 0 Å². The van der Waals surface area contributed by atoms with Crippen molar-refractivity contribution in [1.29, 1.82) is 0 Å². The van der Waals surface area contributed by atoms with Gasteiger partial charge in [0.05, 0.1) is 32.8 Å². The third-order valence-corrected chi connectivity index (χ3v) is 7.75. The van der Waals surface area contributed by atoms with Gasteiger partial charge in [0.1, 0.15) is 0 Å². The molecular formula is C29H30N2O7. The van der Waals surface area contributed by atoms with Crippen LogP contribution in [-0.2, 0) is 9.53 Å². The second kappa shape index (κ2) is 9.24. The predicted molar refractivity (Wildman–Crippen MR) is 141 cm³/mol. The number of phenolic OH excluding ortho intramolecular Hbond substituents is 1. The van der Waals surface area contributed by atoms with Crippen LogP contribution >= 0.6 is 0 Å². The highest BCUT2D eigenvalue weighted by atomic mass is 16.7. The Balaban J connectivity index is 1.51. The maximum atomic E-state index is 13.3. The van der Waals surface area contributed by atoms with Gasteiger partial charge in [-0.1, -0.05) is 0 Å². The lowest BCUT2D eigenvalue weighted by Crippen LogP contribution is -2.37. The van der Waals surface area contributed by atoms with Crippen LogP contribution in [0.25, 0.3) is 0 Å². The Hall–Kier alpha value is -4.27. The maximum absolute atomic E-state index is 13.3. The number of nitrogens with zero attached hydrogens (tertiary/aromatic N) is 1. The van der Waals surface area contributed by atoms with E-state index in [1.807, 2.05) is 43.3 Å². The van der Waals surface area contributed by atoms with Crippen LogP contribution in [0.5, 0.6) is 28.7 Å². The molecule has 2 aliphatic heterocycles. The van der Waals surface area contributed by atoms with Gasteiger partial charge in [-0.15, -0.1) is 0 Å². The van der Waals surface area contributed by atoms with Gasteiger partial charge in [0.25, 0.3) is 0 Å². The highest BCUT2D eigenvalue weighted by molar-refractivity contribution is 5.79. The molecule has 1 aliphatic carbocycles. The molecule has 1 fully saturated rings. The van der Waals surface area contributed by atoms with E-state index >= 15 is 0 Å². The second-order valence-corrected chi connectivity index (χ2v) is 9.97. The largest absolute Gasteiger partial charge is 0.502 e. The van der Waals surface area contributed by atoms with Crippen LogP contribution in [0, 0.1) is 11.8 Å². The molecule has 0 aromatic heterocycles. The first-order valence-electron chi connectivity index (χ1n) is 12.5. The molecule has 0 saturated carbocycles. The molecule has 3 aromatic carbocycles. The van der Waals surface area contributed by atoms with Gasteiger partial charge in [-0.3, -0.25) is 4.79 Å². The molecule has 6 rings (SSSR count). The van der Waals surface area contributed by atoms with Gasteiger partial charge in [-0.05, 0) is 65.2 Å². The first kappa shape index (κ1) is 24.1. The third-order valence-electron chi connectivity index (χ3n) is 7.75. The molecule has 1 saturated heterocycles. The minimum atomic E-state index is -0.472. The molecule has 38 heavy (non-hydrogen) atoms. The minimum absolute atomic E-state index is 0.0910. The number of ether oxygens (including phenoxy) is 5. The summed E-state index contributed by atoms with van der Waals surface area (Å²) in [6.07, 6.45) is 0. The number of hydrogen-bond donors (Lipinski definition) is 2. The molecule has 2 N–H and O–H groups in total. The molecule has 9 nitrogen and oxygen atoms in total. The van der Waals surface area contributed by atoms with Crippen molar-refractivity contribution < 1.29 is 33.6 Å². The molecule has 3 aliphatic rings. The number of cyclic esters (lactones) is 1. The van der Waals surface area contributed by atoms with E-state index in [2.05, 4.69) is 17.4 Å². The topological polar surface area (TPSA) is 98.7 Å². The number of carbonyl (C=O) groups is 1. The first-order chi connectivity index (χ1) is 18.4. The minimum Gasteiger partial charge on any atom is -0.502 e. The van der Waals surface area contributed by atoms with Crippen LogP contribution in [0.15, 0.2) is 48.5 Å². The van der Waals surface area contributed by atoms with Gasteiger partial charge in [0.15, 0.2) is 23.0 Å².